The first kappa shape index (κ1) is 20.9. The summed E-state index contributed by atoms with van der Waals surface area (Å²) >= 11 is 1.51. The van der Waals surface area contributed by atoms with Gasteiger partial charge in [-0.25, -0.2) is 0 Å². The van der Waals surface area contributed by atoms with Gasteiger partial charge in [-0.05, 0) is 48.8 Å². The largest absolute Gasteiger partial charge is 0.396 e. The zero-order valence-electron chi connectivity index (χ0n) is 13.9. The van der Waals surface area contributed by atoms with E-state index in [2.05, 4.69) is 32.4 Å². The average Bonchev–Trinajstić information content (AvgIpc) is 2.44. The first-order valence-electron chi connectivity index (χ1n) is 7.61. The van der Waals surface area contributed by atoms with Crippen molar-refractivity contribution < 1.29 is 10.0 Å². The Hall–Kier alpha value is -1.11. The van der Waals surface area contributed by atoms with Crippen LogP contribution in [-0.2, 0) is 0 Å². The molecule has 0 heterocycles. The summed E-state index contributed by atoms with van der Waals surface area (Å²) in [4.78, 5) is 11.0. The van der Waals surface area contributed by atoms with E-state index in [0.29, 0.717) is 18.4 Å². The molecule has 0 unspecified atom stereocenters. The number of nitro groups is 1. The lowest BCUT2D eigenvalue weighted by Crippen LogP contribution is -2.07. The van der Waals surface area contributed by atoms with Crippen LogP contribution in [0.2, 0.25) is 0 Å². The van der Waals surface area contributed by atoms with Crippen molar-refractivity contribution in [1.82, 2.24) is 4.72 Å². The second-order valence-electron chi connectivity index (χ2n) is 5.84. The first-order chi connectivity index (χ1) is 10.4. The normalized spacial score (nSPS) is 10.5. The Kier molecular flexibility index (Phi) is 11.8. The molecule has 0 bridgehead atoms. The van der Waals surface area contributed by atoms with Gasteiger partial charge in [-0.1, -0.05) is 27.7 Å². The monoisotopic (exact) mass is 328 g/mol. The number of benzene rings is 1. The van der Waals surface area contributed by atoms with Gasteiger partial charge in [-0.15, -0.1) is 0 Å². The predicted octanol–water partition coefficient (Wildman–Crippen LogP) is 4.26. The van der Waals surface area contributed by atoms with Crippen LogP contribution >= 0.6 is 11.9 Å². The smallest absolute Gasteiger partial charge is 0.269 e. The SMILES string of the molecule is CC(C)CCNSc1ccc([N+](=O)[O-])cc1.CC(C)CCO. The highest BCUT2D eigenvalue weighted by atomic mass is 32.2. The minimum Gasteiger partial charge on any atom is -0.396 e. The Morgan fingerprint density at radius 3 is 2.05 bits per heavy atom. The number of aliphatic hydroxyl groups is 1. The fraction of sp³-hybridized carbons (Fsp3) is 0.625. The molecule has 1 aromatic rings. The molecule has 0 aliphatic carbocycles. The highest BCUT2D eigenvalue weighted by molar-refractivity contribution is 7.97. The maximum Gasteiger partial charge on any atom is 0.269 e. The van der Waals surface area contributed by atoms with Crippen LogP contribution in [0.1, 0.15) is 40.5 Å². The van der Waals surface area contributed by atoms with Crippen LogP contribution in [0.4, 0.5) is 5.69 Å². The average molecular weight is 328 g/mol. The van der Waals surface area contributed by atoms with Gasteiger partial charge in [0.25, 0.3) is 5.69 Å². The summed E-state index contributed by atoms with van der Waals surface area (Å²) < 4.78 is 3.23. The van der Waals surface area contributed by atoms with Crippen molar-refractivity contribution in [3.8, 4) is 0 Å². The second kappa shape index (κ2) is 12.4. The van der Waals surface area contributed by atoms with E-state index in [9.17, 15) is 10.1 Å². The van der Waals surface area contributed by atoms with E-state index < -0.39 is 0 Å². The quantitative estimate of drug-likeness (QED) is 0.323. The van der Waals surface area contributed by atoms with E-state index in [1.807, 2.05) is 0 Å². The van der Waals surface area contributed by atoms with Crippen LogP contribution in [0.25, 0.3) is 0 Å². The summed E-state index contributed by atoms with van der Waals surface area (Å²) in [5.41, 5.74) is 0.131. The molecular weight excluding hydrogens is 300 g/mol. The molecule has 0 saturated carbocycles. The molecule has 1 rings (SSSR count). The summed E-state index contributed by atoms with van der Waals surface area (Å²) in [6.45, 7) is 9.82. The Balaban J connectivity index is 0.000000626. The summed E-state index contributed by atoms with van der Waals surface area (Å²) in [5.74, 6) is 1.33. The molecule has 6 heteroatoms. The number of rotatable bonds is 8. The summed E-state index contributed by atoms with van der Waals surface area (Å²) in [6, 6.07) is 6.55. The van der Waals surface area contributed by atoms with Gasteiger partial charge in [0.15, 0.2) is 0 Å². The van der Waals surface area contributed by atoms with Crippen LogP contribution < -0.4 is 4.72 Å². The zero-order chi connectivity index (χ0) is 17.0. The highest BCUT2D eigenvalue weighted by Crippen LogP contribution is 2.19. The van der Waals surface area contributed by atoms with Crippen molar-refractivity contribution in [2.24, 2.45) is 11.8 Å². The van der Waals surface area contributed by atoms with Crippen molar-refractivity contribution >= 4 is 17.6 Å². The Bertz CT molecular complexity index is 408. The third-order valence-electron chi connectivity index (χ3n) is 2.77. The van der Waals surface area contributed by atoms with Crippen molar-refractivity contribution in [2.75, 3.05) is 13.2 Å². The molecule has 0 saturated heterocycles. The van der Waals surface area contributed by atoms with Crippen LogP contribution in [0, 0.1) is 22.0 Å². The number of aliphatic hydroxyl groups excluding tert-OH is 1. The number of hydrogen-bond donors (Lipinski definition) is 2. The molecular formula is C16H28N2O3S. The van der Waals surface area contributed by atoms with Gasteiger partial charge in [-0.3, -0.25) is 14.8 Å². The van der Waals surface area contributed by atoms with E-state index >= 15 is 0 Å². The molecule has 0 aromatic heterocycles. The van der Waals surface area contributed by atoms with E-state index in [4.69, 9.17) is 5.11 Å². The van der Waals surface area contributed by atoms with Crippen molar-refractivity contribution in [3.63, 3.8) is 0 Å². The molecule has 2 N–H and O–H groups in total. The fourth-order valence-corrected chi connectivity index (χ4v) is 2.03. The molecule has 0 radical (unpaired) electrons. The zero-order valence-corrected chi connectivity index (χ0v) is 14.7. The van der Waals surface area contributed by atoms with Crippen LogP contribution in [-0.4, -0.2) is 23.2 Å². The van der Waals surface area contributed by atoms with Gasteiger partial charge < -0.3 is 5.11 Å². The first-order valence-corrected chi connectivity index (χ1v) is 8.43. The van der Waals surface area contributed by atoms with Crippen LogP contribution in [0.15, 0.2) is 29.2 Å². The molecule has 1 aromatic carbocycles. The molecule has 126 valence electrons. The topological polar surface area (TPSA) is 75.4 Å². The van der Waals surface area contributed by atoms with Crippen molar-refractivity contribution in [3.05, 3.63) is 34.4 Å². The number of nitrogens with one attached hydrogen (secondary N) is 1. The number of hydrogen-bond acceptors (Lipinski definition) is 5. The van der Waals surface area contributed by atoms with E-state index in [1.165, 1.54) is 24.1 Å². The Morgan fingerprint density at radius 2 is 1.68 bits per heavy atom. The summed E-state index contributed by atoms with van der Waals surface area (Å²) in [6.07, 6.45) is 2.06. The van der Waals surface area contributed by atoms with Gasteiger partial charge in [0.05, 0.1) is 4.92 Å². The molecule has 0 spiro atoms. The summed E-state index contributed by atoms with van der Waals surface area (Å²) in [7, 11) is 0. The maximum absolute atomic E-state index is 10.4. The fourth-order valence-electron chi connectivity index (χ4n) is 1.38. The van der Waals surface area contributed by atoms with Crippen molar-refractivity contribution in [1.29, 1.82) is 0 Å². The van der Waals surface area contributed by atoms with Crippen LogP contribution in [0.5, 0.6) is 0 Å². The second-order valence-corrected chi connectivity index (χ2v) is 6.80. The standard InChI is InChI=1S/C11H16N2O2S.C5H12O/c1-9(2)7-8-12-16-11-5-3-10(4-6-11)13(14)15;1-5(2)3-4-6/h3-6,9,12H,7-8H2,1-2H3;5-6H,3-4H2,1-2H3. The lowest BCUT2D eigenvalue weighted by Gasteiger charge is -2.05. The van der Waals surface area contributed by atoms with Gasteiger partial charge in [-0.2, -0.15) is 0 Å². The summed E-state index contributed by atoms with van der Waals surface area (Å²) in [5, 5.41) is 18.7. The Labute approximate surface area is 137 Å². The Morgan fingerprint density at radius 1 is 1.14 bits per heavy atom. The molecule has 5 nitrogen and oxygen atoms in total. The van der Waals surface area contributed by atoms with Gasteiger partial charge in [0, 0.05) is 30.2 Å². The lowest BCUT2D eigenvalue weighted by atomic mass is 10.1. The predicted molar refractivity (Wildman–Crippen MR) is 93.0 cm³/mol. The molecule has 0 amide bonds. The molecule has 0 atom stereocenters. The minimum atomic E-state index is -0.388. The number of nitrogens with zero attached hydrogens (tertiary/aromatic N) is 1. The maximum atomic E-state index is 10.4. The van der Waals surface area contributed by atoms with Gasteiger partial charge in [0.2, 0.25) is 0 Å². The van der Waals surface area contributed by atoms with Crippen LogP contribution in [0.3, 0.4) is 0 Å². The highest BCUT2D eigenvalue weighted by Gasteiger charge is 2.03. The van der Waals surface area contributed by atoms with Crippen molar-refractivity contribution in [2.45, 2.75) is 45.4 Å². The number of nitro benzene ring substituents is 1. The third-order valence-corrected chi connectivity index (χ3v) is 3.62. The molecule has 22 heavy (non-hydrogen) atoms. The lowest BCUT2D eigenvalue weighted by molar-refractivity contribution is -0.384. The number of non-ortho nitro benzene ring substituents is 1. The van der Waals surface area contributed by atoms with E-state index in [1.54, 1.807) is 12.1 Å². The molecule has 0 aliphatic rings. The molecule has 0 aliphatic heterocycles. The van der Waals surface area contributed by atoms with E-state index in [0.717, 1.165) is 24.3 Å². The minimum absolute atomic E-state index is 0.131. The van der Waals surface area contributed by atoms with Gasteiger partial charge >= 0.3 is 0 Å². The molecule has 0 fully saturated rings. The third kappa shape index (κ3) is 11.5. The van der Waals surface area contributed by atoms with Gasteiger partial charge in [0.1, 0.15) is 0 Å². The van der Waals surface area contributed by atoms with E-state index in [-0.39, 0.29) is 10.6 Å².